The number of nitrogens with one attached hydrogen (secondary N) is 1. The van der Waals surface area contributed by atoms with Crippen LogP contribution in [0.4, 0.5) is 0 Å². The van der Waals surface area contributed by atoms with Crippen LogP contribution in [-0.2, 0) is 11.3 Å². The molecule has 2 aromatic rings. The summed E-state index contributed by atoms with van der Waals surface area (Å²) in [5.74, 6) is 0.207. The largest absolute Gasteiger partial charge is 0.350 e. The van der Waals surface area contributed by atoms with E-state index in [1.165, 1.54) is 0 Å². The van der Waals surface area contributed by atoms with Crippen LogP contribution in [0.15, 0.2) is 42.1 Å². The van der Waals surface area contributed by atoms with Gasteiger partial charge < -0.3 is 5.32 Å². The van der Waals surface area contributed by atoms with E-state index in [-0.39, 0.29) is 11.8 Å². The zero-order chi connectivity index (χ0) is 14.5. The Morgan fingerprint density at radius 1 is 1.33 bits per heavy atom. The van der Waals surface area contributed by atoms with Gasteiger partial charge in [0.05, 0.1) is 17.1 Å². The minimum absolute atomic E-state index is 0.0943. The van der Waals surface area contributed by atoms with Crippen LogP contribution in [0, 0.1) is 5.92 Å². The number of hydrogen-bond acceptors (Lipinski definition) is 4. The van der Waals surface area contributed by atoms with Gasteiger partial charge in [-0.3, -0.25) is 14.8 Å². The van der Waals surface area contributed by atoms with Gasteiger partial charge in [-0.15, -0.1) is 11.3 Å². The number of allylic oxidation sites excluding steroid dienone is 2. The summed E-state index contributed by atoms with van der Waals surface area (Å²) >= 11 is 1.63. The van der Waals surface area contributed by atoms with Crippen molar-refractivity contribution in [1.29, 1.82) is 0 Å². The topological polar surface area (TPSA) is 54.9 Å². The fraction of sp³-hybridized carbons (Fsp3) is 0.312. The molecular weight excluding hydrogens is 282 g/mol. The fourth-order valence-electron chi connectivity index (χ4n) is 2.46. The van der Waals surface area contributed by atoms with Crippen molar-refractivity contribution in [3.05, 3.63) is 47.8 Å². The molecule has 108 valence electrons. The van der Waals surface area contributed by atoms with E-state index in [2.05, 4.69) is 27.4 Å². The molecule has 1 atom stereocenters. The molecule has 0 aliphatic heterocycles. The smallest absolute Gasteiger partial charge is 0.223 e. The molecule has 1 aliphatic rings. The van der Waals surface area contributed by atoms with E-state index in [9.17, 15) is 4.79 Å². The summed E-state index contributed by atoms with van der Waals surface area (Å²) < 4.78 is 0. The van der Waals surface area contributed by atoms with Gasteiger partial charge in [0.25, 0.3) is 0 Å². The number of rotatable bonds is 4. The number of thiophene rings is 1. The zero-order valence-electron chi connectivity index (χ0n) is 11.7. The molecule has 0 fully saturated rings. The number of aromatic nitrogens is 2. The molecule has 0 saturated heterocycles. The first-order valence-electron chi connectivity index (χ1n) is 7.11. The molecule has 21 heavy (non-hydrogen) atoms. The molecule has 0 bridgehead atoms. The summed E-state index contributed by atoms with van der Waals surface area (Å²) in [5, 5.41) is 5.01. The predicted octanol–water partition coefficient (Wildman–Crippen LogP) is 3.18. The van der Waals surface area contributed by atoms with Gasteiger partial charge in [0.2, 0.25) is 5.91 Å². The predicted molar refractivity (Wildman–Crippen MR) is 83.7 cm³/mol. The van der Waals surface area contributed by atoms with Crippen molar-refractivity contribution >= 4 is 17.2 Å². The summed E-state index contributed by atoms with van der Waals surface area (Å²) in [7, 11) is 0. The molecule has 2 aromatic heterocycles. The van der Waals surface area contributed by atoms with E-state index in [1.807, 2.05) is 17.5 Å². The van der Waals surface area contributed by atoms with Crippen molar-refractivity contribution < 1.29 is 4.79 Å². The number of nitrogens with zero attached hydrogens (tertiary/aromatic N) is 2. The first-order valence-corrected chi connectivity index (χ1v) is 7.99. The van der Waals surface area contributed by atoms with Crippen molar-refractivity contribution in [2.75, 3.05) is 0 Å². The number of amides is 1. The van der Waals surface area contributed by atoms with E-state index >= 15 is 0 Å². The van der Waals surface area contributed by atoms with E-state index in [1.54, 1.807) is 23.7 Å². The van der Waals surface area contributed by atoms with Crippen LogP contribution < -0.4 is 5.32 Å². The Labute approximate surface area is 128 Å². The molecule has 5 heteroatoms. The number of carbonyl (C=O) groups is 1. The van der Waals surface area contributed by atoms with Crippen LogP contribution in [0.5, 0.6) is 0 Å². The Balaban J connectivity index is 1.68. The van der Waals surface area contributed by atoms with Crippen LogP contribution in [0.25, 0.3) is 10.6 Å². The zero-order valence-corrected chi connectivity index (χ0v) is 12.5. The number of carbonyl (C=O) groups excluding carboxylic acids is 1. The number of hydrogen-bond donors (Lipinski definition) is 1. The molecule has 1 amide bonds. The van der Waals surface area contributed by atoms with Crippen LogP contribution in [-0.4, -0.2) is 15.9 Å². The van der Waals surface area contributed by atoms with Crippen molar-refractivity contribution in [3.63, 3.8) is 0 Å². The maximum Gasteiger partial charge on any atom is 0.223 e. The van der Waals surface area contributed by atoms with Crippen LogP contribution in [0.1, 0.15) is 25.0 Å². The van der Waals surface area contributed by atoms with E-state index in [0.29, 0.717) is 6.54 Å². The third-order valence-electron chi connectivity index (χ3n) is 3.60. The standard InChI is InChI=1S/C16H17N3OS/c20-16(12-5-2-1-3-6-12)19-11-13-15(18-9-8-17-13)14-7-4-10-21-14/h1-2,4,7-10,12H,3,5-6,11H2,(H,19,20)/t12-/m0/s1. The highest BCUT2D eigenvalue weighted by Gasteiger charge is 2.19. The Kier molecular flexibility index (Phi) is 4.40. The van der Waals surface area contributed by atoms with Crippen LogP contribution in [0.2, 0.25) is 0 Å². The highest BCUT2D eigenvalue weighted by molar-refractivity contribution is 7.13. The van der Waals surface area contributed by atoms with Crippen molar-refractivity contribution in [1.82, 2.24) is 15.3 Å². The second kappa shape index (κ2) is 6.63. The molecule has 0 saturated carbocycles. The molecule has 3 rings (SSSR count). The van der Waals surface area contributed by atoms with Gasteiger partial charge in [-0.2, -0.15) is 0 Å². The maximum absolute atomic E-state index is 12.2. The molecule has 0 aromatic carbocycles. The summed E-state index contributed by atoms with van der Waals surface area (Å²) in [6.45, 7) is 0.431. The first kappa shape index (κ1) is 13.9. The summed E-state index contributed by atoms with van der Waals surface area (Å²) in [6, 6.07) is 4.01. The van der Waals surface area contributed by atoms with Gasteiger partial charge in [-0.1, -0.05) is 18.2 Å². The van der Waals surface area contributed by atoms with Gasteiger partial charge >= 0.3 is 0 Å². The molecule has 0 radical (unpaired) electrons. The summed E-state index contributed by atoms with van der Waals surface area (Å²) in [5.41, 5.74) is 1.68. The molecule has 0 spiro atoms. The van der Waals surface area contributed by atoms with Gasteiger partial charge in [0.1, 0.15) is 5.69 Å². The second-order valence-corrected chi connectivity index (χ2v) is 5.98. The molecule has 4 nitrogen and oxygen atoms in total. The van der Waals surface area contributed by atoms with Crippen molar-refractivity contribution in [2.45, 2.75) is 25.8 Å². The summed E-state index contributed by atoms with van der Waals surface area (Å²) in [4.78, 5) is 22.0. The Morgan fingerprint density at radius 3 is 3.00 bits per heavy atom. The van der Waals surface area contributed by atoms with Crippen LogP contribution >= 0.6 is 11.3 Å². The molecule has 1 N–H and O–H groups in total. The lowest BCUT2D eigenvalue weighted by Gasteiger charge is -2.17. The third-order valence-corrected chi connectivity index (χ3v) is 4.48. The maximum atomic E-state index is 12.2. The monoisotopic (exact) mass is 299 g/mol. The highest BCUT2D eigenvalue weighted by atomic mass is 32.1. The first-order chi connectivity index (χ1) is 10.3. The minimum Gasteiger partial charge on any atom is -0.350 e. The SMILES string of the molecule is O=C(NCc1nccnc1-c1cccs1)[C@H]1CC=CCC1. The Morgan fingerprint density at radius 2 is 2.24 bits per heavy atom. The quantitative estimate of drug-likeness (QED) is 0.882. The molecule has 0 unspecified atom stereocenters. The van der Waals surface area contributed by atoms with Gasteiger partial charge in [-0.25, -0.2) is 0 Å². The van der Waals surface area contributed by atoms with Crippen molar-refractivity contribution in [2.24, 2.45) is 5.92 Å². The average Bonchev–Trinajstić information content (AvgIpc) is 3.08. The lowest BCUT2D eigenvalue weighted by Crippen LogP contribution is -2.31. The summed E-state index contributed by atoms with van der Waals surface area (Å²) in [6.07, 6.45) is 10.3. The van der Waals surface area contributed by atoms with Gasteiger partial charge in [0.15, 0.2) is 0 Å². The lowest BCUT2D eigenvalue weighted by molar-refractivity contribution is -0.125. The third kappa shape index (κ3) is 3.36. The normalized spacial score (nSPS) is 17.6. The molecular formula is C16H17N3OS. The Hall–Kier alpha value is -2.01. The fourth-order valence-corrected chi connectivity index (χ4v) is 3.21. The van der Waals surface area contributed by atoms with Gasteiger partial charge in [0, 0.05) is 18.3 Å². The second-order valence-electron chi connectivity index (χ2n) is 5.03. The van der Waals surface area contributed by atoms with Crippen LogP contribution in [0.3, 0.4) is 0 Å². The Bertz CT molecular complexity index is 637. The molecule has 2 heterocycles. The average molecular weight is 299 g/mol. The van der Waals surface area contributed by atoms with Crippen molar-refractivity contribution in [3.8, 4) is 10.6 Å². The van der Waals surface area contributed by atoms with Gasteiger partial charge in [-0.05, 0) is 30.7 Å². The molecule has 1 aliphatic carbocycles. The highest BCUT2D eigenvalue weighted by Crippen LogP contribution is 2.25. The lowest BCUT2D eigenvalue weighted by atomic mass is 9.94. The van der Waals surface area contributed by atoms with E-state index < -0.39 is 0 Å². The van der Waals surface area contributed by atoms with E-state index in [4.69, 9.17) is 0 Å². The van der Waals surface area contributed by atoms with E-state index in [0.717, 1.165) is 35.5 Å². The minimum atomic E-state index is 0.0943.